The van der Waals surface area contributed by atoms with E-state index in [-0.39, 0.29) is 31.4 Å². The molecule has 1 aromatic rings. The summed E-state index contributed by atoms with van der Waals surface area (Å²) in [6.07, 6.45) is 0.523. The van der Waals surface area contributed by atoms with Crippen molar-refractivity contribution >= 4 is 11.9 Å². The average Bonchev–Trinajstić information content (AvgIpc) is 2.49. The number of hydrogen-bond acceptors (Lipinski definition) is 4. The van der Waals surface area contributed by atoms with Crippen molar-refractivity contribution in [3.05, 3.63) is 35.9 Å². The Morgan fingerprint density at radius 2 is 1.90 bits per heavy atom. The minimum Gasteiger partial charge on any atom is -0.469 e. The lowest BCUT2D eigenvalue weighted by Crippen LogP contribution is -2.38. The quantitative estimate of drug-likeness (QED) is 0.736. The number of amides is 1. The van der Waals surface area contributed by atoms with E-state index >= 15 is 0 Å². The second-order valence-corrected chi connectivity index (χ2v) is 5.00. The number of esters is 1. The van der Waals surface area contributed by atoms with Crippen molar-refractivity contribution in [2.75, 3.05) is 20.2 Å². The highest BCUT2D eigenvalue weighted by Crippen LogP contribution is 2.06. The van der Waals surface area contributed by atoms with Gasteiger partial charge in [0, 0.05) is 19.5 Å². The van der Waals surface area contributed by atoms with Gasteiger partial charge in [-0.05, 0) is 18.9 Å². The molecule has 0 fully saturated rings. The van der Waals surface area contributed by atoms with Gasteiger partial charge in [-0.15, -0.1) is 0 Å². The van der Waals surface area contributed by atoms with Crippen LogP contribution >= 0.6 is 0 Å². The maximum atomic E-state index is 12.2. The van der Waals surface area contributed by atoms with Gasteiger partial charge in [0.25, 0.3) is 0 Å². The van der Waals surface area contributed by atoms with Gasteiger partial charge in [-0.25, -0.2) is 0 Å². The second-order valence-electron chi connectivity index (χ2n) is 5.00. The topological polar surface area (TPSA) is 66.8 Å². The SMILES string of the molecule is COC(=O)CCN(CC(C)O)C(=O)CCc1ccccc1. The van der Waals surface area contributed by atoms with Gasteiger partial charge in [0.1, 0.15) is 0 Å². The van der Waals surface area contributed by atoms with Crippen LogP contribution in [0.1, 0.15) is 25.3 Å². The van der Waals surface area contributed by atoms with E-state index in [0.29, 0.717) is 12.8 Å². The lowest BCUT2D eigenvalue weighted by Gasteiger charge is -2.23. The maximum Gasteiger partial charge on any atom is 0.307 e. The van der Waals surface area contributed by atoms with Crippen LogP contribution in [0.5, 0.6) is 0 Å². The molecule has 0 aliphatic carbocycles. The summed E-state index contributed by atoms with van der Waals surface area (Å²) in [6, 6.07) is 9.75. The number of aliphatic hydroxyl groups excluding tert-OH is 1. The number of aryl methyl sites for hydroxylation is 1. The van der Waals surface area contributed by atoms with Crippen LogP contribution in [0.15, 0.2) is 30.3 Å². The number of benzene rings is 1. The molecule has 0 bridgehead atoms. The third-order valence-electron chi connectivity index (χ3n) is 3.12. The van der Waals surface area contributed by atoms with Crippen molar-refractivity contribution in [2.24, 2.45) is 0 Å². The normalized spacial score (nSPS) is 11.8. The van der Waals surface area contributed by atoms with E-state index in [4.69, 9.17) is 0 Å². The molecule has 1 unspecified atom stereocenters. The number of ether oxygens (including phenoxy) is 1. The molecule has 21 heavy (non-hydrogen) atoms. The van der Waals surface area contributed by atoms with E-state index in [0.717, 1.165) is 5.56 Å². The highest BCUT2D eigenvalue weighted by molar-refractivity contribution is 5.77. The molecule has 1 amide bonds. The summed E-state index contributed by atoms with van der Waals surface area (Å²) in [5.41, 5.74) is 1.09. The third-order valence-corrected chi connectivity index (χ3v) is 3.12. The first kappa shape index (κ1) is 17.2. The molecule has 0 saturated carbocycles. The summed E-state index contributed by atoms with van der Waals surface area (Å²) in [5, 5.41) is 9.47. The van der Waals surface area contributed by atoms with Crippen LogP contribution in [0.25, 0.3) is 0 Å². The monoisotopic (exact) mass is 293 g/mol. The smallest absolute Gasteiger partial charge is 0.307 e. The Balaban J connectivity index is 2.51. The van der Waals surface area contributed by atoms with Crippen LogP contribution in [-0.2, 0) is 20.7 Å². The van der Waals surface area contributed by atoms with Gasteiger partial charge in [0.2, 0.25) is 5.91 Å². The van der Waals surface area contributed by atoms with Gasteiger partial charge >= 0.3 is 5.97 Å². The maximum absolute atomic E-state index is 12.2. The molecule has 0 aliphatic rings. The predicted octanol–water partition coefficient (Wildman–Crippen LogP) is 1.39. The summed E-state index contributed by atoms with van der Waals surface area (Å²) >= 11 is 0. The Bertz CT molecular complexity index is 445. The molecule has 116 valence electrons. The molecule has 1 atom stereocenters. The Morgan fingerprint density at radius 1 is 1.24 bits per heavy atom. The first-order chi connectivity index (χ1) is 10.0. The van der Waals surface area contributed by atoms with Gasteiger partial charge in [-0.2, -0.15) is 0 Å². The van der Waals surface area contributed by atoms with Crippen LogP contribution in [0.2, 0.25) is 0 Å². The lowest BCUT2D eigenvalue weighted by atomic mass is 10.1. The zero-order valence-electron chi connectivity index (χ0n) is 12.6. The van der Waals surface area contributed by atoms with E-state index in [9.17, 15) is 14.7 Å². The molecule has 5 nitrogen and oxygen atoms in total. The molecule has 0 spiro atoms. The van der Waals surface area contributed by atoms with Gasteiger partial charge < -0.3 is 14.7 Å². The van der Waals surface area contributed by atoms with Gasteiger partial charge in [0.15, 0.2) is 0 Å². The van der Waals surface area contributed by atoms with E-state index in [1.165, 1.54) is 12.0 Å². The van der Waals surface area contributed by atoms with Crippen molar-refractivity contribution in [3.63, 3.8) is 0 Å². The number of rotatable bonds is 8. The Morgan fingerprint density at radius 3 is 2.48 bits per heavy atom. The van der Waals surface area contributed by atoms with E-state index in [1.54, 1.807) is 6.92 Å². The number of hydrogen-bond donors (Lipinski definition) is 1. The standard InChI is InChI=1S/C16H23NO4/c1-13(18)12-17(11-10-16(20)21-2)15(19)9-8-14-6-4-3-5-7-14/h3-7,13,18H,8-12H2,1-2H3. The predicted molar refractivity (Wildman–Crippen MR) is 79.7 cm³/mol. The summed E-state index contributed by atoms with van der Waals surface area (Å²) in [5.74, 6) is -0.426. The number of aliphatic hydroxyl groups is 1. The fraction of sp³-hybridized carbons (Fsp3) is 0.500. The molecule has 1 N–H and O–H groups in total. The second kappa shape index (κ2) is 9.13. The Hall–Kier alpha value is -1.88. The van der Waals surface area contributed by atoms with Crippen LogP contribution < -0.4 is 0 Å². The highest BCUT2D eigenvalue weighted by atomic mass is 16.5. The minimum absolute atomic E-state index is 0.0661. The van der Waals surface area contributed by atoms with Crippen molar-refractivity contribution < 1.29 is 19.4 Å². The van der Waals surface area contributed by atoms with Crippen molar-refractivity contribution in [3.8, 4) is 0 Å². The molecule has 0 heterocycles. The fourth-order valence-corrected chi connectivity index (χ4v) is 2.02. The lowest BCUT2D eigenvalue weighted by molar-refractivity contribution is -0.142. The summed E-state index contributed by atoms with van der Waals surface area (Å²) in [6.45, 7) is 2.12. The van der Waals surface area contributed by atoms with Gasteiger partial charge in [0.05, 0.1) is 19.6 Å². The molecule has 0 saturated heterocycles. The largest absolute Gasteiger partial charge is 0.469 e. The number of methoxy groups -OCH3 is 1. The first-order valence-electron chi connectivity index (χ1n) is 7.09. The van der Waals surface area contributed by atoms with Gasteiger partial charge in [-0.1, -0.05) is 30.3 Å². The summed E-state index contributed by atoms with van der Waals surface area (Å²) < 4.78 is 4.58. The molecule has 5 heteroatoms. The molecular formula is C16H23NO4. The van der Waals surface area contributed by atoms with E-state index in [2.05, 4.69) is 4.74 Å². The van der Waals surface area contributed by atoms with E-state index < -0.39 is 6.10 Å². The van der Waals surface area contributed by atoms with Gasteiger partial charge in [-0.3, -0.25) is 9.59 Å². The first-order valence-corrected chi connectivity index (χ1v) is 7.09. The van der Waals surface area contributed by atoms with Crippen LogP contribution in [0, 0.1) is 0 Å². The number of carbonyl (C=O) groups excluding carboxylic acids is 2. The zero-order valence-corrected chi connectivity index (χ0v) is 12.6. The Kier molecular flexibility index (Phi) is 7.46. The van der Waals surface area contributed by atoms with Crippen LogP contribution in [0.4, 0.5) is 0 Å². The molecular weight excluding hydrogens is 270 g/mol. The van der Waals surface area contributed by atoms with Crippen LogP contribution in [0.3, 0.4) is 0 Å². The summed E-state index contributed by atoms with van der Waals surface area (Å²) in [7, 11) is 1.32. The number of carbonyl (C=O) groups is 2. The molecule has 1 rings (SSSR count). The minimum atomic E-state index is -0.622. The molecule has 0 radical (unpaired) electrons. The summed E-state index contributed by atoms with van der Waals surface area (Å²) in [4.78, 5) is 24.9. The number of nitrogens with zero attached hydrogens (tertiary/aromatic N) is 1. The van der Waals surface area contributed by atoms with Crippen molar-refractivity contribution in [1.29, 1.82) is 0 Å². The zero-order chi connectivity index (χ0) is 15.7. The molecule has 0 aromatic heterocycles. The molecule has 0 aliphatic heterocycles. The van der Waals surface area contributed by atoms with Crippen molar-refractivity contribution in [2.45, 2.75) is 32.3 Å². The van der Waals surface area contributed by atoms with Crippen LogP contribution in [-0.4, -0.2) is 48.2 Å². The van der Waals surface area contributed by atoms with Crippen molar-refractivity contribution in [1.82, 2.24) is 4.90 Å². The molecule has 1 aromatic carbocycles. The fourth-order valence-electron chi connectivity index (χ4n) is 2.02. The highest BCUT2D eigenvalue weighted by Gasteiger charge is 2.16. The van der Waals surface area contributed by atoms with E-state index in [1.807, 2.05) is 30.3 Å². The Labute approximate surface area is 125 Å². The third kappa shape index (κ3) is 6.90. The average molecular weight is 293 g/mol.